The Kier molecular flexibility index (Phi) is 1.36. The van der Waals surface area contributed by atoms with E-state index in [1.807, 2.05) is 19.1 Å². The molecule has 1 aromatic carbocycles. The molecule has 0 radical (unpaired) electrons. The fraction of sp³-hybridized carbons (Fsp3) is 0.125. The van der Waals surface area contributed by atoms with Crippen LogP contribution in [0.25, 0.3) is 10.9 Å². The normalized spacial score (nSPS) is 10.7. The zero-order valence-electron chi connectivity index (χ0n) is 6.06. The van der Waals surface area contributed by atoms with Crippen LogP contribution in [0.5, 0.6) is 0 Å². The van der Waals surface area contributed by atoms with Crippen molar-refractivity contribution >= 4 is 22.5 Å². The summed E-state index contributed by atoms with van der Waals surface area (Å²) in [5, 5.41) is 8.65. The molecule has 2 nitrogen and oxygen atoms in total. The summed E-state index contributed by atoms with van der Waals surface area (Å²) in [7, 11) is 0. The predicted octanol–water partition coefficient (Wildman–Crippen LogP) is 2.52. The van der Waals surface area contributed by atoms with Crippen LogP contribution in [0.4, 0.5) is 0 Å². The first-order chi connectivity index (χ1) is 5.27. The number of hydrogen-bond acceptors (Lipinski definition) is 1. The van der Waals surface area contributed by atoms with Crippen LogP contribution in [-0.2, 0) is 0 Å². The number of nitrogens with one attached hydrogen (secondary N) is 1. The Morgan fingerprint density at radius 1 is 1.45 bits per heavy atom. The van der Waals surface area contributed by atoms with E-state index in [1.54, 1.807) is 6.20 Å². The Morgan fingerprint density at radius 3 is 3.09 bits per heavy atom. The molecule has 1 heterocycles. The molecule has 0 fully saturated rings. The minimum atomic E-state index is 0.761. The van der Waals surface area contributed by atoms with Crippen LogP contribution < -0.4 is 0 Å². The Balaban J connectivity index is 2.91. The second-order valence-corrected chi connectivity index (χ2v) is 2.99. The van der Waals surface area contributed by atoms with Gasteiger partial charge in [-0.3, -0.25) is 5.10 Å². The van der Waals surface area contributed by atoms with E-state index in [2.05, 4.69) is 10.2 Å². The first kappa shape index (κ1) is 6.68. The highest BCUT2D eigenvalue weighted by atomic mass is 35.5. The lowest BCUT2D eigenvalue weighted by Gasteiger charge is -1.94. The number of benzene rings is 1. The fourth-order valence-electron chi connectivity index (χ4n) is 1.19. The van der Waals surface area contributed by atoms with Crippen molar-refractivity contribution in [1.82, 2.24) is 10.2 Å². The van der Waals surface area contributed by atoms with Crippen molar-refractivity contribution in [2.75, 3.05) is 0 Å². The smallest absolute Gasteiger partial charge is 0.0680 e. The van der Waals surface area contributed by atoms with Gasteiger partial charge < -0.3 is 0 Å². The van der Waals surface area contributed by atoms with Crippen LogP contribution in [0, 0.1) is 6.92 Å². The van der Waals surface area contributed by atoms with Gasteiger partial charge >= 0.3 is 0 Å². The first-order valence-electron chi connectivity index (χ1n) is 3.36. The molecule has 2 rings (SSSR count). The minimum Gasteiger partial charge on any atom is -0.278 e. The van der Waals surface area contributed by atoms with E-state index in [0.29, 0.717) is 0 Å². The number of aryl methyl sites for hydroxylation is 1. The molecular weight excluding hydrogens is 160 g/mol. The number of rotatable bonds is 0. The molecule has 0 aliphatic heterocycles. The Morgan fingerprint density at radius 2 is 2.27 bits per heavy atom. The highest BCUT2D eigenvalue weighted by Gasteiger charge is 1.99. The van der Waals surface area contributed by atoms with Crippen molar-refractivity contribution < 1.29 is 0 Å². The van der Waals surface area contributed by atoms with Gasteiger partial charge in [0.25, 0.3) is 0 Å². The number of halogens is 1. The maximum atomic E-state index is 5.84. The van der Waals surface area contributed by atoms with Crippen LogP contribution in [0.2, 0.25) is 5.02 Å². The molecule has 0 aliphatic rings. The van der Waals surface area contributed by atoms with Crippen molar-refractivity contribution in [3.63, 3.8) is 0 Å². The molecule has 0 saturated carbocycles. The summed E-state index contributed by atoms with van der Waals surface area (Å²) in [6.07, 6.45) is 1.77. The highest BCUT2D eigenvalue weighted by molar-refractivity contribution is 6.31. The van der Waals surface area contributed by atoms with E-state index in [-0.39, 0.29) is 0 Å². The minimum absolute atomic E-state index is 0.761. The SMILES string of the molecule is Cc1cc(Cl)cc2cn[nH]c12. The number of nitrogens with zero attached hydrogens (tertiary/aromatic N) is 1. The summed E-state index contributed by atoms with van der Waals surface area (Å²) >= 11 is 5.84. The lowest BCUT2D eigenvalue weighted by molar-refractivity contribution is 1.11. The van der Waals surface area contributed by atoms with Crippen molar-refractivity contribution in [2.24, 2.45) is 0 Å². The third-order valence-corrected chi connectivity index (χ3v) is 1.93. The number of aromatic nitrogens is 2. The topological polar surface area (TPSA) is 28.7 Å². The van der Waals surface area contributed by atoms with Crippen molar-refractivity contribution in [1.29, 1.82) is 0 Å². The van der Waals surface area contributed by atoms with E-state index < -0.39 is 0 Å². The summed E-state index contributed by atoms with van der Waals surface area (Å²) < 4.78 is 0. The van der Waals surface area contributed by atoms with E-state index in [9.17, 15) is 0 Å². The van der Waals surface area contributed by atoms with Crippen molar-refractivity contribution in [3.05, 3.63) is 28.9 Å². The molecule has 0 saturated heterocycles. The van der Waals surface area contributed by atoms with Crippen LogP contribution in [0.1, 0.15) is 5.56 Å². The van der Waals surface area contributed by atoms with Gasteiger partial charge in [0.05, 0.1) is 11.7 Å². The third kappa shape index (κ3) is 0.994. The number of fused-ring (bicyclic) bond motifs is 1. The molecule has 2 aromatic rings. The molecule has 0 aliphatic carbocycles. The van der Waals surface area contributed by atoms with Crippen molar-refractivity contribution in [2.45, 2.75) is 6.92 Å². The molecule has 0 amide bonds. The second-order valence-electron chi connectivity index (χ2n) is 2.56. The average Bonchev–Trinajstić information content (AvgIpc) is 2.34. The quantitative estimate of drug-likeness (QED) is 0.640. The van der Waals surface area contributed by atoms with Gasteiger partial charge in [-0.1, -0.05) is 11.6 Å². The number of hydrogen-bond donors (Lipinski definition) is 1. The molecule has 11 heavy (non-hydrogen) atoms. The standard InChI is InChI=1S/C8H7ClN2/c1-5-2-7(9)3-6-4-10-11-8(5)6/h2-4H,1H3,(H,10,11). The van der Waals surface area contributed by atoms with Gasteiger partial charge in [0.15, 0.2) is 0 Å². The zero-order chi connectivity index (χ0) is 7.84. The molecule has 56 valence electrons. The molecule has 0 unspecified atom stereocenters. The molecule has 3 heteroatoms. The van der Waals surface area contributed by atoms with E-state index in [1.165, 1.54) is 0 Å². The zero-order valence-corrected chi connectivity index (χ0v) is 6.81. The molecule has 0 spiro atoms. The van der Waals surface area contributed by atoms with E-state index in [4.69, 9.17) is 11.6 Å². The van der Waals surface area contributed by atoms with Gasteiger partial charge in [-0.2, -0.15) is 5.10 Å². The van der Waals surface area contributed by atoms with Crippen LogP contribution in [0.3, 0.4) is 0 Å². The van der Waals surface area contributed by atoms with Crippen molar-refractivity contribution in [3.8, 4) is 0 Å². The van der Waals surface area contributed by atoms with Gasteiger partial charge in [0, 0.05) is 10.4 Å². The van der Waals surface area contributed by atoms with E-state index >= 15 is 0 Å². The van der Waals surface area contributed by atoms with Gasteiger partial charge in [0.2, 0.25) is 0 Å². The third-order valence-electron chi connectivity index (χ3n) is 1.71. The highest BCUT2D eigenvalue weighted by Crippen LogP contribution is 2.20. The molecular formula is C8H7ClN2. The Labute approximate surface area is 69.2 Å². The summed E-state index contributed by atoms with van der Waals surface area (Å²) in [6.45, 7) is 2.01. The first-order valence-corrected chi connectivity index (χ1v) is 3.74. The van der Waals surface area contributed by atoms with Gasteiger partial charge in [0.1, 0.15) is 0 Å². The van der Waals surface area contributed by atoms with Crippen LogP contribution >= 0.6 is 11.6 Å². The number of H-pyrrole nitrogens is 1. The Bertz CT molecular complexity index is 392. The van der Waals surface area contributed by atoms with Gasteiger partial charge in [-0.05, 0) is 24.6 Å². The van der Waals surface area contributed by atoms with E-state index in [0.717, 1.165) is 21.5 Å². The number of aromatic amines is 1. The molecule has 1 N–H and O–H groups in total. The second kappa shape index (κ2) is 2.24. The fourth-order valence-corrected chi connectivity index (χ4v) is 1.47. The van der Waals surface area contributed by atoms with Crippen LogP contribution in [0.15, 0.2) is 18.3 Å². The maximum absolute atomic E-state index is 5.84. The molecule has 0 bridgehead atoms. The maximum Gasteiger partial charge on any atom is 0.0680 e. The lowest BCUT2D eigenvalue weighted by atomic mass is 10.2. The predicted molar refractivity (Wildman–Crippen MR) is 45.8 cm³/mol. The summed E-state index contributed by atoms with van der Waals surface area (Å²) in [5.41, 5.74) is 2.19. The largest absolute Gasteiger partial charge is 0.278 e. The van der Waals surface area contributed by atoms with Gasteiger partial charge in [-0.25, -0.2) is 0 Å². The average molecular weight is 167 g/mol. The molecule has 0 atom stereocenters. The van der Waals surface area contributed by atoms with Crippen LogP contribution in [-0.4, -0.2) is 10.2 Å². The summed E-state index contributed by atoms with van der Waals surface area (Å²) in [5.74, 6) is 0. The Hall–Kier alpha value is -1.02. The summed E-state index contributed by atoms with van der Waals surface area (Å²) in [6, 6.07) is 3.81. The summed E-state index contributed by atoms with van der Waals surface area (Å²) in [4.78, 5) is 0. The van der Waals surface area contributed by atoms with Gasteiger partial charge in [-0.15, -0.1) is 0 Å². The monoisotopic (exact) mass is 166 g/mol. The lowest BCUT2D eigenvalue weighted by Crippen LogP contribution is -1.75. The molecule has 1 aromatic heterocycles.